The number of aromatic nitrogens is 1. The second kappa shape index (κ2) is 12.2. The van der Waals surface area contributed by atoms with Crippen LogP contribution in [0.5, 0.6) is 5.75 Å². The number of amides is 3. The molecular weight excluding hydrogens is 502 g/mol. The molecule has 6 bridgehead atoms. The molecule has 5 rings (SSSR count). The molecule has 0 saturated carbocycles. The first-order valence-corrected chi connectivity index (χ1v) is 13.2. The molecule has 4 unspecified atom stereocenters. The number of esters is 1. The van der Waals surface area contributed by atoms with E-state index >= 15 is 0 Å². The molecule has 3 amide bonds. The minimum Gasteiger partial charge on any atom is -0.484 e. The molecule has 39 heavy (non-hydrogen) atoms. The Labute approximate surface area is 227 Å². The Morgan fingerprint density at radius 3 is 2.46 bits per heavy atom. The number of hydrogen-bond acceptors (Lipinski definition) is 8. The van der Waals surface area contributed by atoms with Crippen molar-refractivity contribution < 1.29 is 28.7 Å². The van der Waals surface area contributed by atoms with Gasteiger partial charge in [-0.15, -0.1) is 0 Å². The number of hydrazine groups is 1. The van der Waals surface area contributed by atoms with Crippen molar-refractivity contribution in [3.63, 3.8) is 0 Å². The highest BCUT2D eigenvalue weighted by atomic mass is 16.5. The monoisotopic (exact) mass is 537 g/mol. The van der Waals surface area contributed by atoms with Crippen molar-refractivity contribution in [2.75, 3.05) is 13.2 Å². The van der Waals surface area contributed by atoms with E-state index in [0.29, 0.717) is 36.5 Å². The zero-order chi connectivity index (χ0) is 28.1. The molecular formula is C28H35N5O6. The summed E-state index contributed by atoms with van der Waals surface area (Å²) >= 11 is 0. The third-order valence-corrected chi connectivity index (χ3v) is 6.73. The summed E-state index contributed by atoms with van der Waals surface area (Å²) in [5.74, 6) is -1.59. The molecule has 208 valence electrons. The number of rotatable bonds is 1. The molecule has 0 aliphatic carbocycles. The fourth-order valence-corrected chi connectivity index (χ4v) is 4.49. The van der Waals surface area contributed by atoms with Gasteiger partial charge in [0.25, 0.3) is 11.8 Å². The summed E-state index contributed by atoms with van der Waals surface area (Å²) in [6.07, 6.45) is 0.469. The van der Waals surface area contributed by atoms with Gasteiger partial charge < -0.3 is 20.1 Å². The fourth-order valence-electron chi connectivity index (χ4n) is 4.49. The normalized spacial score (nSPS) is 25.1. The summed E-state index contributed by atoms with van der Waals surface area (Å²) in [6, 6.07) is 10.1. The Morgan fingerprint density at radius 2 is 1.74 bits per heavy atom. The lowest BCUT2D eigenvalue weighted by Gasteiger charge is -2.35. The molecule has 3 aliphatic rings. The summed E-state index contributed by atoms with van der Waals surface area (Å²) in [7, 11) is 0. The summed E-state index contributed by atoms with van der Waals surface area (Å²) in [4.78, 5) is 56.4. The van der Waals surface area contributed by atoms with Crippen molar-refractivity contribution in [3.8, 4) is 17.0 Å². The van der Waals surface area contributed by atoms with Crippen LogP contribution >= 0.6 is 0 Å². The number of ether oxygens (including phenoxy) is 2. The van der Waals surface area contributed by atoms with Crippen LogP contribution in [-0.2, 0) is 23.9 Å². The van der Waals surface area contributed by atoms with Gasteiger partial charge in [0.1, 0.15) is 30.0 Å². The van der Waals surface area contributed by atoms with Crippen LogP contribution in [0.15, 0.2) is 42.5 Å². The average Bonchev–Trinajstić information content (AvgIpc) is 2.94. The maximum Gasteiger partial charge on any atom is 0.325 e. The van der Waals surface area contributed by atoms with Gasteiger partial charge in [0, 0.05) is 12.1 Å². The molecule has 1 saturated heterocycles. The van der Waals surface area contributed by atoms with Gasteiger partial charge in [0.2, 0.25) is 5.91 Å². The van der Waals surface area contributed by atoms with Crippen LogP contribution in [0.3, 0.4) is 0 Å². The molecule has 3 aliphatic heterocycles. The molecule has 11 nitrogen and oxygen atoms in total. The van der Waals surface area contributed by atoms with E-state index in [2.05, 4.69) is 21.0 Å². The van der Waals surface area contributed by atoms with Crippen molar-refractivity contribution >= 4 is 23.7 Å². The van der Waals surface area contributed by atoms with Gasteiger partial charge >= 0.3 is 5.97 Å². The Balaban J connectivity index is 1.61. The molecule has 1 aromatic heterocycles. The van der Waals surface area contributed by atoms with Gasteiger partial charge in [-0.05, 0) is 69.0 Å². The lowest BCUT2D eigenvalue weighted by molar-refractivity contribution is -0.157. The zero-order valence-electron chi connectivity index (χ0n) is 22.6. The smallest absolute Gasteiger partial charge is 0.325 e. The van der Waals surface area contributed by atoms with E-state index < -0.39 is 47.9 Å². The van der Waals surface area contributed by atoms with Gasteiger partial charge in [-0.3, -0.25) is 24.2 Å². The Hall–Kier alpha value is -3.99. The van der Waals surface area contributed by atoms with Crippen LogP contribution in [0.4, 0.5) is 0 Å². The van der Waals surface area contributed by atoms with Crippen molar-refractivity contribution in [2.45, 2.75) is 64.8 Å². The molecule has 1 fully saturated rings. The first-order chi connectivity index (χ1) is 18.6. The molecule has 0 spiro atoms. The number of carbonyl (C=O) groups is 4. The summed E-state index contributed by atoms with van der Waals surface area (Å²) in [5.41, 5.74) is 5.05. The topological polar surface area (TPSA) is 139 Å². The van der Waals surface area contributed by atoms with E-state index in [9.17, 15) is 19.2 Å². The molecule has 4 heterocycles. The summed E-state index contributed by atoms with van der Waals surface area (Å²) in [5, 5.41) is 6.73. The highest BCUT2D eigenvalue weighted by molar-refractivity contribution is 5.92. The number of hydrogen-bond donors (Lipinski definition) is 3. The summed E-state index contributed by atoms with van der Waals surface area (Å²) < 4.78 is 11.3. The van der Waals surface area contributed by atoms with Crippen LogP contribution in [0.1, 0.15) is 52.3 Å². The number of benzene rings is 1. The molecule has 4 atom stereocenters. The van der Waals surface area contributed by atoms with Gasteiger partial charge in [0.15, 0.2) is 6.61 Å². The minimum absolute atomic E-state index is 0.237. The number of nitrogens with zero attached hydrogens (tertiary/aromatic N) is 2. The van der Waals surface area contributed by atoms with Gasteiger partial charge in [-0.2, -0.15) is 0 Å². The van der Waals surface area contributed by atoms with E-state index in [1.54, 1.807) is 45.9 Å². The minimum atomic E-state index is -0.892. The second-order valence-corrected chi connectivity index (χ2v) is 10.2. The summed E-state index contributed by atoms with van der Waals surface area (Å²) in [6.45, 7) is 7.01. The molecule has 1 aromatic carbocycles. The maximum atomic E-state index is 13.1. The van der Waals surface area contributed by atoms with Crippen LogP contribution < -0.4 is 20.8 Å². The molecule has 3 N–H and O–H groups in total. The SMILES string of the molecule is CC1NC(=O)C(C(C)C)NC(=O)COc2ccc(cc2)-c2cccc(n2)C(C)OC(=O)C2CCCN(N2)C1=O. The Morgan fingerprint density at radius 1 is 1.00 bits per heavy atom. The third-order valence-electron chi connectivity index (χ3n) is 6.73. The van der Waals surface area contributed by atoms with Gasteiger partial charge in [-0.25, -0.2) is 10.4 Å². The third kappa shape index (κ3) is 6.91. The largest absolute Gasteiger partial charge is 0.484 e. The molecule has 2 aromatic rings. The maximum absolute atomic E-state index is 13.1. The predicted molar refractivity (Wildman–Crippen MR) is 142 cm³/mol. The standard InChI is InChI=1S/C28H35N5O6/c1-16(2)25-26(35)29-17(3)27(36)33-14-6-9-23(32-33)28(37)39-18(4)21-7-5-8-22(30-21)19-10-12-20(13-11-19)38-15-24(34)31-25/h5,7-8,10-13,16-18,23,25,32H,6,9,14-15H2,1-4H3,(H,29,35)(H,31,34). The van der Waals surface area contributed by atoms with Crippen LogP contribution in [-0.4, -0.2) is 65.0 Å². The first-order valence-electron chi connectivity index (χ1n) is 13.2. The number of pyridine rings is 1. The van der Waals surface area contributed by atoms with Crippen molar-refractivity contribution in [1.29, 1.82) is 0 Å². The number of carbonyl (C=O) groups excluding carboxylic acids is 4. The van der Waals surface area contributed by atoms with E-state index in [-0.39, 0.29) is 12.5 Å². The van der Waals surface area contributed by atoms with Crippen molar-refractivity contribution in [3.05, 3.63) is 48.2 Å². The first kappa shape index (κ1) is 28.0. The highest BCUT2D eigenvalue weighted by Crippen LogP contribution is 2.24. The van der Waals surface area contributed by atoms with Gasteiger partial charge in [0.05, 0.1) is 11.4 Å². The Bertz CT molecular complexity index is 1220. The second-order valence-electron chi connectivity index (χ2n) is 10.2. The lowest BCUT2D eigenvalue weighted by atomic mass is 10.0. The molecule has 11 heteroatoms. The van der Waals surface area contributed by atoms with E-state index in [0.717, 1.165) is 5.56 Å². The van der Waals surface area contributed by atoms with Crippen LogP contribution in [0.25, 0.3) is 11.3 Å². The zero-order valence-corrected chi connectivity index (χ0v) is 22.6. The van der Waals surface area contributed by atoms with Crippen LogP contribution in [0.2, 0.25) is 0 Å². The molecule has 0 radical (unpaired) electrons. The van der Waals surface area contributed by atoms with Crippen molar-refractivity contribution in [2.24, 2.45) is 5.92 Å². The van der Waals surface area contributed by atoms with E-state index in [1.165, 1.54) is 5.01 Å². The van der Waals surface area contributed by atoms with E-state index in [4.69, 9.17) is 9.47 Å². The number of fused-ring (bicyclic) bond motifs is 12. The number of nitrogens with one attached hydrogen (secondary N) is 3. The highest BCUT2D eigenvalue weighted by Gasteiger charge is 2.34. The quantitative estimate of drug-likeness (QED) is 0.370. The average molecular weight is 538 g/mol. The van der Waals surface area contributed by atoms with Crippen molar-refractivity contribution in [1.82, 2.24) is 26.1 Å². The van der Waals surface area contributed by atoms with E-state index in [1.807, 2.05) is 24.3 Å². The van der Waals surface area contributed by atoms with Gasteiger partial charge in [-0.1, -0.05) is 19.9 Å². The van der Waals surface area contributed by atoms with Crippen LogP contribution in [0, 0.1) is 5.92 Å². The predicted octanol–water partition coefficient (Wildman–Crippen LogP) is 1.89. The lowest BCUT2D eigenvalue weighted by Crippen LogP contribution is -2.61. The fraction of sp³-hybridized carbons (Fsp3) is 0.464. The Kier molecular flexibility index (Phi) is 8.80.